The van der Waals surface area contributed by atoms with Crippen LogP contribution in [0.2, 0.25) is 10.2 Å². The van der Waals surface area contributed by atoms with E-state index in [0.29, 0.717) is 16.5 Å². The first-order chi connectivity index (χ1) is 9.11. The molecule has 1 aromatic heterocycles. The molecule has 1 amide bonds. The van der Waals surface area contributed by atoms with Crippen LogP contribution in [0.15, 0.2) is 36.5 Å². The zero-order chi connectivity index (χ0) is 13.8. The third kappa shape index (κ3) is 3.16. The van der Waals surface area contributed by atoms with Gasteiger partial charge >= 0.3 is 0 Å². The molecule has 2 aromatic rings. The van der Waals surface area contributed by atoms with Gasteiger partial charge in [0, 0.05) is 11.2 Å². The van der Waals surface area contributed by atoms with Gasteiger partial charge in [0.1, 0.15) is 10.9 Å². The van der Waals surface area contributed by atoms with E-state index in [2.05, 4.69) is 10.3 Å². The largest absolute Gasteiger partial charge is 0.495 e. The molecule has 0 spiro atoms. The van der Waals surface area contributed by atoms with Crippen molar-refractivity contribution >= 4 is 34.8 Å². The second kappa shape index (κ2) is 5.91. The van der Waals surface area contributed by atoms with Gasteiger partial charge in [-0.15, -0.1) is 0 Å². The molecule has 0 unspecified atom stereocenters. The van der Waals surface area contributed by atoms with Crippen LogP contribution in [0, 0.1) is 0 Å². The lowest BCUT2D eigenvalue weighted by atomic mass is 10.2. The number of hydrogen-bond acceptors (Lipinski definition) is 3. The fraction of sp³-hybridized carbons (Fsp3) is 0.0769. The number of nitrogens with one attached hydrogen (secondary N) is 1. The minimum atomic E-state index is -0.376. The number of benzene rings is 1. The summed E-state index contributed by atoms with van der Waals surface area (Å²) in [5.41, 5.74) is 0.756. The Morgan fingerprint density at radius 2 is 2.11 bits per heavy atom. The zero-order valence-corrected chi connectivity index (χ0v) is 11.5. The molecule has 0 fully saturated rings. The lowest BCUT2D eigenvalue weighted by molar-refractivity contribution is 0.102. The maximum Gasteiger partial charge on any atom is 0.258 e. The molecular weight excluding hydrogens is 287 g/mol. The summed E-state index contributed by atoms with van der Waals surface area (Å²) in [6.07, 6.45) is 1.51. The molecular formula is C13H10Cl2N2O2. The minimum absolute atomic E-state index is 0.140. The van der Waals surface area contributed by atoms with Crippen LogP contribution in [0.5, 0.6) is 5.75 Å². The Morgan fingerprint density at radius 3 is 2.79 bits per heavy atom. The molecule has 4 nitrogen and oxygen atoms in total. The van der Waals surface area contributed by atoms with Gasteiger partial charge in [-0.2, -0.15) is 0 Å². The number of hydrogen-bond donors (Lipinski definition) is 1. The van der Waals surface area contributed by atoms with Crippen molar-refractivity contribution in [2.45, 2.75) is 0 Å². The lowest BCUT2D eigenvalue weighted by Crippen LogP contribution is -2.13. The van der Waals surface area contributed by atoms with Gasteiger partial charge in [-0.3, -0.25) is 4.79 Å². The van der Waals surface area contributed by atoms with Crippen LogP contribution in [0.25, 0.3) is 0 Å². The molecule has 98 valence electrons. The van der Waals surface area contributed by atoms with Gasteiger partial charge in [0.05, 0.1) is 18.4 Å². The maximum atomic E-state index is 12.1. The van der Waals surface area contributed by atoms with Gasteiger partial charge in [0.25, 0.3) is 5.91 Å². The number of anilines is 1. The molecule has 19 heavy (non-hydrogen) atoms. The number of carbonyl (C=O) groups is 1. The summed E-state index contributed by atoms with van der Waals surface area (Å²) in [6.45, 7) is 0. The summed E-state index contributed by atoms with van der Waals surface area (Å²) in [6, 6.07) is 8.16. The predicted octanol–water partition coefficient (Wildman–Crippen LogP) is 3.65. The number of rotatable bonds is 3. The van der Waals surface area contributed by atoms with E-state index in [1.807, 2.05) is 0 Å². The van der Waals surface area contributed by atoms with Gasteiger partial charge in [-0.05, 0) is 30.3 Å². The smallest absolute Gasteiger partial charge is 0.258 e. The summed E-state index contributed by atoms with van der Waals surface area (Å²) in [5, 5.41) is 3.32. The number of ether oxygens (including phenoxy) is 1. The van der Waals surface area contributed by atoms with Crippen LogP contribution in [-0.2, 0) is 0 Å². The molecule has 0 bridgehead atoms. The standard InChI is InChI=1S/C13H10Cl2N2O2/c1-19-11-5-4-8(14)7-10(11)17-13(18)9-3-2-6-16-12(9)15/h2-7H,1H3,(H,17,18). The number of halogens is 2. The highest BCUT2D eigenvalue weighted by atomic mass is 35.5. The quantitative estimate of drug-likeness (QED) is 0.880. The molecule has 0 saturated carbocycles. The third-order valence-corrected chi connectivity index (χ3v) is 2.95. The molecule has 2 rings (SSSR count). The summed E-state index contributed by atoms with van der Waals surface area (Å²) in [5.74, 6) is 0.136. The van der Waals surface area contributed by atoms with Crippen molar-refractivity contribution in [3.8, 4) is 5.75 Å². The lowest BCUT2D eigenvalue weighted by Gasteiger charge is -2.10. The second-order valence-corrected chi connectivity index (χ2v) is 4.43. The van der Waals surface area contributed by atoms with Crippen molar-refractivity contribution in [2.24, 2.45) is 0 Å². The first-order valence-corrected chi connectivity index (χ1v) is 6.13. The van der Waals surface area contributed by atoms with E-state index >= 15 is 0 Å². The number of methoxy groups -OCH3 is 1. The average Bonchev–Trinajstić information content (AvgIpc) is 2.39. The Morgan fingerprint density at radius 1 is 1.32 bits per heavy atom. The number of nitrogens with zero attached hydrogens (tertiary/aromatic N) is 1. The summed E-state index contributed by atoms with van der Waals surface area (Å²) in [4.78, 5) is 15.9. The first kappa shape index (κ1) is 13.6. The van der Waals surface area contributed by atoms with Crippen LogP contribution < -0.4 is 10.1 Å². The molecule has 0 aliphatic rings. The van der Waals surface area contributed by atoms with Crippen molar-refractivity contribution < 1.29 is 9.53 Å². The number of aromatic nitrogens is 1. The Kier molecular flexibility index (Phi) is 4.24. The van der Waals surface area contributed by atoms with Crippen molar-refractivity contribution in [3.05, 3.63) is 52.3 Å². The Bertz CT molecular complexity index is 617. The predicted molar refractivity (Wildman–Crippen MR) is 75.2 cm³/mol. The molecule has 0 atom stereocenters. The van der Waals surface area contributed by atoms with Crippen LogP contribution in [0.3, 0.4) is 0 Å². The van der Waals surface area contributed by atoms with Crippen molar-refractivity contribution in [2.75, 3.05) is 12.4 Å². The Balaban J connectivity index is 2.29. The summed E-state index contributed by atoms with van der Waals surface area (Å²) < 4.78 is 5.15. The van der Waals surface area contributed by atoms with Gasteiger partial charge in [0.15, 0.2) is 0 Å². The van der Waals surface area contributed by atoms with E-state index in [0.717, 1.165) is 0 Å². The average molecular weight is 297 g/mol. The summed E-state index contributed by atoms with van der Waals surface area (Å²) >= 11 is 11.8. The van der Waals surface area contributed by atoms with Crippen molar-refractivity contribution in [1.82, 2.24) is 4.98 Å². The van der Waals surface area contributed by atoms with E-state index in [1.54, 1.807) is 30.3 Å². The van der Waals surface area contributed by atoms with E-state index in [1.165, 1.54) is 13.3 Å². The molecule has 0 aliphatic carbocycles. The van der Waals surface area contributed by atoms with Gasteiger partial charge in [-0.1, -0.05) is 23.2 Å². The minimum Gasteiger partial charge on any atom is -0.495 e. The van der Waals surface area contributed by atoms with Crippen LogP contribution >= 0.6 is 23.2 Å². The Hall–Kier alpha value is -1.78. The monoisotopic (exact) mass is 296 g/mol. The van der Waals surface area contributed by atoms with E-state index in [-0.39, 0.29) is 16.6 Å². The van der Waals surface area contributed by atoms with Crippen molar-refractivity contribution in [1.29, 1.82) is 0 Å². The van der Waals surface area contributed by atoms with Gasteiger partial charge in [0.2, 0.25) is 0 Å². The number of carbonyl (C=O) groups excluding carboxylic acids is 1. The molecule has 1 heterocycles. The normalized spacial score (nSPS) is 10.1. The first-order valence-electron chi connectivity index (χ1n) is 5.37. The molecule has 0 aliphatic heterocycles. The molecule has 1 aromatic carbocycles. The zero-order valence-electron chi connectivity index (χ0n) is 9.98. The SMILES string of the molecule is COc1ccc(Cl)cc1NC(=O)c1cccnc1Cl. The fourth-order valence-electron chi connectivity index (χ4n) is 1.52. The van der Waals surface area contributed by atoms with Gasteiger partial charge in [-0.25, -0.2) is 4.98 Å². The second-order valence-electron chi connectivity index (χ2n) is 3.64. The van der Waals surface area contributed by atoms with Crippen LogP contribution in [0.1, 0.15) is 10.4 Å². The van der Waals surface area contributed by atoms with Crippen LogP contribution in [0.4, 0.5) is 5.69 Å². The highest BCUT2D eigenvalue weighted by Crippen LogP contribution is 2.28. The fourth-order valence-corrected chi connectivity index (χ4v) is 1.90. The highest BCUT2D eigenvalue weighted by Gasteiger charge is 2.13. The summed E-state index contributed by atoms with van der Waals surface area (Å²) in [7, 11) is 1.51. The third-order valence-electron chi connectivity index (χ3n) is 2.41. The Labute approximate surface area is 120 Å². The molecule has 1 N–H and O–H groups in total. The molecule has 6 heteroatoms. The van der Waals surface area contributed by atoms with E-state index < -0.39 is 0 Å². The van der Waals surface area contributed by atoms with Crippen LogP contribution in [-0.4, -0.2) is 18.0 Å². The van der Waals surface area contributed by atoms with Crippen molar-refractivity contribution in [3.63, 3.8) is 0 Å². The van der Waals surface area contributed by atoms with Gasteiger partial charge < -0.3 is 10.1 Å². The number of pyridine rings is 1. The topological polar surface area (TPSA) is 51.2 Å². The molecule has 0 radical (unpaired) electrons. The van der Waals surface area contributed by atoms with E-state index in [9.17, 15) is 4.79 Å². The maximum absolute atomic E-state index is 12.1. The van der Waals surface area contributed by atoms with E-state index in [4.69, 9.17) is 27.9 Å². The number of amides is 1. The highest BCUT2D eigenvalue weighted by molar-refractivity contribution is 6.33. The molecule has 0 saturated heterocycles.